The average Bonchev–Trinajstić information content (AvgIpc) is 2.56. The van der Waals surface area contributed by atoms with E-state index in [4.69, 9.17) is 0 Å². The van der Waals surface area contributed by atoms with Crippen molar-refractivity contribution in [3.05, 3.63) is 26.6 Å². The van der Waals surface area contributed by atoms with Crippen molar-refractivity contribution in [2.24, 2.45) is 0 Å². The van der Waals surface area contributed by atoms with Gasteiger partial charge in [-0.3, -0.25) is 4.79 Å². The van der Waals surface area contributed by atoms with E-state index in [2.05, 4.69) is 31.9 Å². The highest BCUT2D eigenvalue weighted by Gasteiger charge is 2.33. The van der Waals surface area contributed by atoms with Gasteiger partial charge in [0.25, 0.3) is 0 Å². The van der Waals surface area contributed by atoms with E-state index in [1.54, 1.807) is 6.07 Å². The van der Waals surface area contributed by atoms with Crippen molar-refractivity contribution in [1.29, 1.82) is 0 Å². The smallest absolute Gasteiger partial charge is 0.337 e. The first-order valence-electron chi connectivity index (χ1n) is 5.11. The van der Waals surface area contributed by atoms with E-state index >= 15 is 0 Å². The zero-order valence-electron chi connectivity index (χ0n) is 9.06. The summed E-state index contributed by atoms with van der Waals surface area (Å²) in [6.07, 6.45) is -0.739. The highest BCUT2D eigenvalue weighted by atomic mass is 79.9. The minimum atomic E-state index is -1.12. The average molecular weight is 379 g/mol. The van der Waals surface area contributed by atoms with Gasteiger partial charge in [0.15, 0.2) is 0 Å². The van der Waals surface area contributed by atoms with Gasteiger partial charge in [0.1, 0.15) is 0 Å². The Morgan fingerprint density at radius 1 is 1.39 bits per heavy atom. The Bertz CT molecular complexity index is 532. The number of aliphatic hydroxyl groups excluding tert-OH is 1. The van der Waals surface area contributed by atoms with Crippen LogP contribution in [-0.2, 0) is 4.79 Å². The van der Waals surface area contributed by atoms with Crippen LogP contribution in [0.4, 0.5) is 5.69 Å². The number of nitrogens with zero attached hydrogens (tertiary/aromatic N) is 1. The second-order valence-electron chi connectivity index (χ2n) is 3.95. The number of hydrogen-bond donors (Lipinski definition) is 2. The summed E-state index contributed by atoms with van der Waals surface area (Å²) in [5.41, 5.74) is 0.297. The van der Waals surface area contributed by atoms with Crippen LogP contribution >= 0.6 is 31.9 Å². The summed E-state index contributed by atoms with van der Waals surface area (Å²) in [5.74, 6) is -1.41. The molecule has 1 unspecified atom stereocenters. The largest absolute Gasteiger partial charge is 0.478 e. The molecule has 0 bridgehead atoms. The second kappa shape index (κ2) is 4.99. The number of aliphatic hydroxyl groups is 1. The predicted molar refractivity (Wildman–Crippen MR) is 71.8 cm³/mol. The van der Waals surface area contributed by atoms with Crippen LogP contribution in [0.3, 0.4) is 0 Å². The normalized spacial score (nSPS) is 19.4. The van der Waals surface area contributed by atoms with Gasteiger partial charge in [-0.2, -0.15) is 0 Å². The third-order valence-electron chi connectivity index (χ3n) is 2.63. The Hall–Kier alpha value is -0.920. The lowest BCUT2D eigenvalue weighted by molar-refractivity contribution is -0.117. The summed E-state index contributed by atoms with van der Waals surface area (Å²) >= 11 is 6.46. The number of carbonyl (C=O) groups is 2. The molecule has 1 aromatic carbocycles. The first-order valence-corrected chi connectivity index (χ1v) is 6.69. The van der Waals surface area contributed by atoms with Gasteiger partial charge in [0.2, 0.25) is 5.91 Å². The molecular weight excluding hydrogens is 370 g/mol. The number of β-amino-alcohol motifs (C(OH)–C–C–N with tert-alkyl or cyclic N) is 1. The summed E-state index contributed by atoms with van der Waals surface area (Å²) in [7, 11) is 0. The van der Waals surface area contributed by atoms with Gasteiger partial charge in [-0.25, -0.2) is 4.79 Å². The topological polar surface area (TPSA) is 77.8 Å². The number of carboxylic acids is 1. The lowest BCUT2D eigenvalue weighted by atomic mass is 10.1. The first-order chi connectivity index (χ1) is 8.40. The van der Waals surface area contributed by atoms with Crippen LogP contribution in [0.15, 0.2) is 21.1 Å². The van der Waals surface area contributed by atoms with Crippen LogP contribution in [0.25, 0.3) is 0 Å². The Morgan fingerprint density at radius 2 is 2.06 bits per heavy atom. The van der Waals surface area contributed by atoms with Crippen LogP contribution in [-0.4, -0.2) is 34.7 Å². The van der Waals surface area contributed by atoms with Gasteiger partial charge in [0.05, 0.1) is 30.3 Å². The maximum absolute atomic E-state index is 11.7. The molecule has 5 nitrogen and oxygen atoms in total. The Morgan fingerprint density at radius 3 is 2.56 bits per heavy atom. The molecule has 1 fully saturated rings. The zero-order valence-corrected chi connectivity index (χ0v) is 12.2. The van der Waals surface area contributed by atoms with Gasteiger partial charge < -0.3 is 15.1 Å². The molecule has 0 aliphatic carbocycles. The van der Waals surface area contributed by atoms with Crippen LogP contribution in [0.1, 0.15) is 16.8 Å². The summed E-state index contributed by atoms with van der Waals surface area (Å²) in [4.78, 5) is 24.3. The number of carbonyl (C=O) groups excluding carboxylic acids is 1. The van der Waals surface area contributed by atoms with Crippen molar-refractivity contribution in [2.45, 2.75) is 12.5 Å². The van der Waals surface area contributed by atoms with E-state index in [0.717, 1.165) is 0 Å². The number of aromatic carboxylic acids is 1. The Labute approximate surface area is 120 Å². The van der Waals surface area contributed by atoms with Crippen molar-refractivity contribution >= 4 is 49.4 Å². The third-order valence-corrected chi connectivity index (χ3v) is 3.70. The zero-order chi connectivity index (χ0) is 13.4. The molecule has 7 heteroatoms. The van der Waals surface area contributed by atoms with Crippen molar-refractivity contribution in [3.8, 4) is 0 Å². The summed E-state index contributed by atoms with van der Waals surface area (Å²) in [5, 5.41) is 18.7. The number of anilines is 1. The molecule has 0 radical (unpaired) electrons. The first kappa shape index (κ1) is 13.5. The SMILES string of the molecule is O=C(O)c1cc(Br)cc(Br)c1N1CC(O)CC1=O. The number of amides is 1. The fraction of sp³-hybridized carbons (Fsp3) is 0.273. The maximum Gasteiger partial charge on any atom is 0.337 e. The Kier molecular flexibility index (Phi) is 3.74. The van der Waals surface area contributed by atoms with Crippen LogP contribution in [0.5, 0.6) is 0 Å². The van der Waals surface area contributed by atoms with Crippen LogP contribution in [0.2, 0.25) is 0 Å². The van der Waals surface area contributed by atoms with E-state index in [1.165, 1.54) is 11.0 Å². The van der Waals surface area contributed by atoms with Crippen molar-refractivity contribution in [1.82, 2.24) is 0 Å². The molecule has 2 rings (SSSR count). The van der Waals surface area contributed by atoms with Gasteiger partial charge in [-0.05, 0) is 28.1 Å². The standard InChI is InChI=1S/C11H9Br2NO4/c12-5-1-7(11(17)18)10(8(13)2-5)14-4-6(15)3-9(14)16/h1-2,6,15H,3-4H2,(H,17,18). The van der Waals surface area contributed by atoms with Gasteiger partial charge >= 0.3 is 5.97 Å². The fourth-order valence-corrected chi connectivity index (χ4v) is 3.35. The predicted octanol–water partition coefficient (Wildman–Crippen LogP) is 2.01. The molecule has 1 heterocycles. The van der Waals surface area contributed by atoms with E-state index in [0.29, 0.717) is 8.95 Å². The number of benzene rings is 1. The van der Waals surface area contributed by atoms with Gasteiger partial charge in [-0.1, -0.05) is 15.9 Å². The van der Waals surface area contributed by atoms with Crippen molar-refractivity contribution < 1.29 is 19.8 Å². The molecule has 96 valence electrons. The Balaban J connectivity index is 2.56. The molecule has 1 aliphatic heterocycles. The summed E-state index contributed by atoms with van der Waals surface area (Å²) in [6, 6.07) is 3.10. The van der Waals surface area contributed by atoms with Gasteiger partial charge in [0, 0.05) is 8.95 Å². The van der Waals surface area contributed by atoms with Crippen molar-refractivity contribution in [2.75, 3.05) is 11.4 Å². The highest BCUT2D eigenvalue weighted by Crippen LogP contribution is 2.36. The van der Waals surface area contributed by atoms with Crippen molar-refractivity contribution in [3.63, 3.8) is 0 Å². The molecule has 0 saturated carbocycles. The molecule has 1 atom stereocenters. The molecule has 1 amide bonds. The third kappa shape index (κ3) is 2.43. The monoisotopic (exact) mass is 377 g/mol. The fourth-order valence-electron chi connectivity index (χ4n) is 1.91. The second-order valence-corrected chi connectivity index (χ2v) is 5.72. The quantitative estimate of drug-likeness (QED) is 0.825. The minimum Gasteiger partial charge on any atom is -0.478 e. The molecule has 1 aromatic rings. The van der Waals surface area contributed by atoms with E-state index in [9.17, 15) is 19.8 Å². The number of carboxylic acid groups (broad SMARTS) is 1. The summed E-state index contributed by atoms with van der Waals surface area (Å²) in [6.45, 7) is 0.110. The van der Waals surface area contributed by atoms with Crippen LogP contribution < -0.4 is 4.90 Å². The number of rotatable bonds is 2. The molecule has 0 aromatic heterocycles. The molecule has 1 aliphatic rings. The molecule has 0 spiro atoms. The lowest BCUT2D eigenvalue weighted by Gasteiger charge is -2.20. The molecule has 2 N–H and O–H groups in total. The number of halogens is 2. The van der Waals surface area contributed by atoms with Gasteiger partial charge in [-0.15, -0.1) is 0 Å². The van der Waals surface area contributed by atoms with E-state index in [1.807, 2.05) is 0 Å². The minimum absolute atomic E-state index is 0.0127. The van der Waals surface area contributed by atoms with E-state index < -0.39 is 12.1 Å². The molecule has 1 saturated heterocycles. The molecular formula is C11H9Br2NO4. The number of hydrogen-bond acceptors (Lipinski definition) is 3. The molecule has 18 heavy (non-hydrogen) atoms. The summed E-state index contributed by atoms with van der Waals surface area (Å²) < 4.78 is 1.10. The van der Waals surface area contributed by atoms with E-state index in [-0.39, 0.29) is 30.1 Å². The van der Waals surface area contributed by atoms with Crippen LogP contribution in [0, 0.1) is 0 Å². The highest BCUT2D eigenvalue weighted by molar-refractivity contribution is 9.11. The lowest BCUT2D eigenvalue weighted by Crippen LogP contribution is -2.27. The maximum atomic E-state index is 11.7.